The van der Waals surface area contributed by atoms with E-state index in [9.17, 15) is 8.42 Å². The first-order chi connectivity index (χ1) is 12.6. The molecule has 5 nitrogen and oxygen atoms in total. The Morgan fingerprint density at radius 1 is 0.962 bits per heavy atom. The van der Waals surface area contributed by atoms with Gasteiger partial charge in [-0.1, -0.05) is 36.4 Å². The molecule has 1 aliphatic rings. The Bertz CT molecular complexity index is 998. The number of nitrogens with one attached hydrogen (secondary N) is 1. The van der Waals surface area contributed by atoms with Crippen molar-refractivity contribution < 1.29 is 13.3 Å². The van der Waals surface area contributed by atoms with E-state index in [1.165, 1.54) is 10.5 Å². The molecule has 26 heavy (non-hydrogen) atoms. The van der Waals surface area contributed by atoms with Gasteiger partial charge in [0.15, 0.2) is 0 Å². The molecular formula is C20H22N3O2S+. The lowest BCUT2D eigenvalue weighted by molar-refractivity contribution is -0.917. The molecule has 0 unspecified atom stereocenters. The summed E-state index contributed by atoms with van der Waals surface area (Å²) in [5.74, 6) is 0. The number of fused-ring (bicyclic) bond motifs is 1. The first-order valence-corrected chi connectivity index (χ1v) is 10.3. The Labute approximate surface area is 153 Å². The molecule has 3 aromatic rings. The number of benzene rings is 2. The van der Waals surface area contributed by atoms with Crippen molar-refractivity contribution in [3.8, 4) is 0 Å². The molecule has 1 fully saturated rings. The van der Waals surface area contributed by atoms with Crippen LogP contribution in [0.25, 0.3) is 10.8 Å². The average Bonchev–Trinajstić information content (AvgIpc) is 2.69. The minimum Gasteiger partial charge on any atom is -0.329 e. The smallest absolute Gasteiger partial charge is 0.243 e. The van der Waals surface area contributed by atoms with E-state index >= 15 is 0 Å². The van der Waals surface area contributed by atoms with Crippen molar-refractivity contribution in [2.45, 2.75) is 11.4 Å². The molecule has 134 valence electrons. The zero-order valence-electron chi connectivity index (χ0n) is 14.5. The van der Waals surface area contributed by atoms with Crippen LogP contribution in [0.3, 0.4) is 0 Å². The van der Waals surface area contributed by atoms with Crippen LogP contribution in [0.4, 0.5) is 0 Å². The maximum atomic E-state index is 13.0. The number of quaternary nitrogens is 1. The Morgan fingerprint density at radius 3 is 2.46 bits per heavy atom. The van der Waals surface area contributed by atoms with Gasteiger partial charge in [0.25, 0.3) is 0 Å². The fraction of sp³-hybridized carbons (Fsp3) is 0.250. The SMILES string of the molecule is O=S(=O)(c1ccc2ccccc2c1)N1CC[NH+](Cc2cccnc2)CC1. The molecule has 2 aromatic carbocycles. The first-order valence-electron chi connectivity index (χ1n) is 8.84. The van der Waals surface area contributed by atoms with Crippen LogP contribution in [0, 0.1) is 0 Å². The molecule has 0 saturated carbocycles. The van der Waals surface area contributed by atoms with Crippen LogP contribution in [0.1, 0.15) is 5.56 Å². The molecule has 4 rings (SSSR count). The standard InChI is InChI=1S/C20H21N3O2S/c24-26(25,20-8-7-18-5-1-2-6-19(18)14-20)23-12-10-22(11-13-23)16-17-4-3-9-21-15-17/h1-9,14-15H,10-13,16H2/p+1. The van der Waals surface area contributed by atoms with Gasteiger partial charge < -0.3 is 4.90 Å². The van der Waals surface area contributed by atoms with E-state index in [4.69, 9.17) is 0 Å². The Kier molecular flexibility index (Phi) is 4.72. The second-order valence-electron chi connectivity index (χ2n) is 6.70. The summed E-state index contributed by atoms with van der Waals surface area (Å²) in [6.07, 6.45) is 3.65. The average molecular weight is 368 g/mol. The Morgan fingerprint density at radius 2 is 1.73 bits per heavy atom. The summed E-state index contributed by atoms with van der Waals surface area (Å²) in [7, 11) is -3.44. The molecule has 1 aromatic heterocycles. The van der Waals surface area contributed by atoms with Gasteiger partial charge in [0.05, 0.1) is 31.1 Å². The molecule has 1 N–H and O–H groups in total. The summed E-state index contributed by atoms with van der Waals surface area (Å²) in [6, 6.07) is 17.2. The largest absolute Gasteiger partial charge is 0.329 e. The lowest BCUT2D eigenvalue weighted by Crippen LogP contribution is -3.13. The van der Waals surface area contributed by atoms with Crippen molar-refractivity contribution >= 4 is 20.8 Å². The quantitative estimate of drug-likeness (QED) is 0.756. The zero-order valence-corrected chi connectivity index (χ0v) is 15.3. The summed E-state index contributed by atoms with van der Waals surface area (Å²) in [5.41, 5.74) is 1.19. The van der Waals surface area contributed by atoms with Crippen LogP contribution in [0.15, 0.2) is 71.9 Å². The third-order valence-corrected chi connectivity index (χ3v) is 6.86. The number of piperazine rings is 1. The maximum Gasteiger partial charge on any atom is 0.243 e. The highest BCUT2D eigenvalue weighted by molar-refractivity contribution is 7.89. The maximum absolute atomic E-state index is 13.0. The van der Waals surface area contributed by atoms with Gasteiger partial charge in [0.1, 0.15) is 6.54 Å². The van der Waals surface area contributed by atoms with Crippen molar-refractivity contribution in [2.24, 2.45) is 0 Å². The van der Waals surface area contributed by atoms with Gasteiger partial charge >= 0.3 is 0 Å². The van der Waals surface area contributed by atoms with Crippen LogP contribution >= 0.6 is 0 Å². The minimum absolute atomic E-state index is 0.381. The predicted molar refractivity (Wildman–Crippen MR) is 101 cm³/mol. The molecule has 1 saturated heterocycles. The van der Waals surface area contributed by atoms with Crippen molar-refractivity contribution in [3.05, 3.63) is 72.6 Å². The molecule has 0 atom stereocenters. The van der Waals surface area contributed by atoms with Gasteiger partial charge in [-0.2, -0.15) is 4.31 Å². The molecule has 0 bridgehead atoms. The van der Waals surface area contributed by atoms with Crippen LogP contribution in [-0.4, -0.2) is 43.9 Å². The van der Waals surface area contributed by atoms with Crippen LogP contribution in [-0.2, 0) is 16.6 Å². The van der Waals surface area contributed by atoms with E-state index < -0.39 is 10.0 Å². The second-order valence-corrected chi connectivity index (χ2v) is 8.64. The first kappa shape index (κ1) is 17.1. The molecule has 0 radical (unpaired) electrons. The predicted octanol–water partition coefficient (Wildman–Crippen LogP) is 1.32. The number of nitrogens with zero attached hydrogens (tertiary/aromatic N) is 2. The highest BCUT2D eigenvalue weighted by atomic mass is 32.2. The van der Waals surface area contributed by atoms with E-state index in [1.807, 2.05) is 42.6 Å². The van der Waals surface area contributed by atoms with Gasteiger partial charge in [0, 0.05) is 18.0 Å². The van der Waals surface area contributed by atoms with Gasteiger partial charge in [-0.3, -0.25) is 4.98 Å². The number of pyridine rings is 1. The summed E-state index contributed by atoms with van der Waals surface area (Å²) in [5, 5.41) is 2.01. The Balaban J connectivity index is 1.47. The molecule has 6 heteroatoms. The van der Waals surface area contributed by atoms with Crippen molar-refractivity contribution in [3.63, 3.8) is 0 Å². The number of hydrogen-bond donors (Lipinski definition) is 1. The van der Waals surface area contributed by atoms with Gasteiger partial charge in [-0.15, -0.1) is 0 Å². The van der Waals surface area contributed by atoms with Gasteiger partial charge in [-0.25, -0.2) is 8.42 Å². The number of sulfonamides is 1. The van der Waals surface area contributed by atoms with Crippen LogP contribution in [0.5, 0.6) is 0 Å². The number of aromatic nitrogens is 1. The molecular weight excluding hydrogens is 346 g/mol. The second kappa shape index (κ2) is 7.15. The number of hydrogen-bond acceptors (Lipinski definition) is 3. The van der Waals surface area contributed by atoms with E-state index in [-0.39, 0.29) is 0 Å². The molecule has 2 heterocycles. The van der Waals surface area contributed by atoms with Crippen molar-refractivity contribution in [1.29, 1.82) is 0 Å². The van der Waals surface area contributed by atoms with Crippen molar-refractivity contribution in [2.75, 3.05) is 26.2 Å². The molecule has 0 amide bonds. The topological polar surface area (TPSA) is 54.7 Å². The normalized spacial score (nSPS) is 16.8. The lowest BCUT2D eigenvalue weighted by Gasteiger charge is -2.31. The Hall–Kier alpha value is -2.28. The third-order valence-electron chi connectivity index (χ3n) is 4.97. The molecule has 0 spiro atoms. The molecule has 1 aliphatic heterocycles. The highest BCUT2D eigenvalue weighted by Gasteiger charge is 2.30. The summed E-state index contributed by atoms with van der Waals surface area (Å²) in [6.45, 7) is 3.59. The lowest BCUT2D eigenvalue weighted by atomic mass is 10.1. The van der Waals surface area contributed by atoms with E-state index in [0.717, 1.165) is 30.4 Å². The van der Waals surface area contributed by atoms with Crippen molar-refractivity contribution in [1.82, 2.24) is 9.29 Å². The van der Waals surface area contributed by atoms with E-state index in [1.54, 1.807) is 22.6 Å². The van der Waals surface area contributed by atoms with Gasteiger partial charge in [0.2, 0.25) is 10.0 Å². The number of rotatable bonds is 4. The van der Waals surface area contributed by atoms with Gasteiger partial charge in [-0.05, 0) is 29.0 Å². The van der Waals surface area contributed by atoms with Crippen LogP contribution < -0.4 is 4.90 Å². The minimum atomic E-state index is -3.44. The summed E-state index contributed by atoms with van der Waals surface area (Å²) < 4.78 is 27.6. The monoisotopic (exact) mass is 368 g/mol. The summed E-state index contributed by atoms with van der Waals surface area (Å²) in [4.78, 5) is 5.92. The van der Waals surface area contributed by atoms with E-state index in [0.29, 0.717) is 18.0 Å². The fourth-order valence-electron chi connectivity index (χ4n) is 3.49. The highest BCUT2D eigenvalue weighted by Crippen LogP contribution is 2.21. The van der Waals surface area contributed by atoms with E-state index in [2.05, 4.69) is 11.1 Å². The fourth-order valence-corrected chi connectivity index (χ4v) is 4.97. The molecule has 0 aliphatic carbocycles. The zero-order chi connectivity index (χ0) is 18.0. The summed E-state index contributed by atoms with van der Waals surface area (Å²) >= 11 is 0. The van der Waals surface area contributed by atoms with Crippen LogP contribution in [0.2, 0.25) is 0 Å². The third kappa shape index (κ3) is 3.49.